The van der Waals surface area contributed by atoms with E-state index in [1.165, 1.54) is 0 Å². The summed E-state index contributed by atoms with van der Waals surface area (Å²) < 4.78 is 4.78. The maximum absolute atomic E-state index is 12.0. The number of ketones is 1. The molecule has 0 unspecified atom stereocenters. The molecule has 0 atom stereocenters. The van der Waals surface area contributed by atoms with Gasteiger partial charge in [-0.1, -0.05) is 41.5 Å². The van der Waals surface area contributed by atoms with E-state index in [9.17, 15) is 4.79 Å². The second kappa shape index (κ2) is 8.62. The zero-order valence-corrected chi connectivity index (χ0v) is 14.4. The standard InChI is InChI=1S/C18H25N5O2/c19-18-15-23(20-25-18)22-13-11-21(12-14-22)10-6-2-5-9-17(24)16-7-3-1-4-8-16/h1,3-4,7-8,15,19H,2,5-6,9-14H2. The van der Waals surface area contributed by atoms with E-state index in [0.29, 0.717) is 6.42 Å². The van der Waals surface area contributed by atoms with Gasteiger partial charge in [-0.05, 0) is 24.7 Å². The number of carbonyl (C=O) groups is 1. The van der Waals surface area contributed by atoms with Crippen molar-refractivity contribution in [2.24, 2.45) is 0 Å². The molecule has 0 radical (unpaired) electrons. The number of Topliss-reactive ketones (excluding diaryl/α,β-unsaturated/α-hetero) is 1. The summed E-state index contributed by atoms with van der Waals surface area (Å²) in [6.07, 6.45) is 5.37. The van der Waals surface area contributed by atoms with Crippen molar-refractivity contribution in [3.8, 4) is 0 Å². The highest BCUT2D eigenvalue weighted by atomic mass is 16.5. The molecule has 7 nitrogen and oxygen atoms in total. The number of nitrogens with zero attached hydrogens (tertiary/aromatic N) is 4. The quantitative estimate of drug-likeness (QED) is 0.434. The first-order valence-corrected chi connectivity index (χ1v) is 8.88. The molecule has 1 N–H and O–H groups in total. The van der Waals surface area contributed by atoms with Crippen molar-refractivity contribution in [2.45, 2.75) is 25.7 Å². The fourth-order valence-electron chi connectivity index (χ4n) is 3.10. The third-order valence-corrected chi connectivity index (χ3v) is 4.57. The lowest BCUT2D eigenvalue weighted by Crippen LogP contribution is -2.66. The summed E-state index contributed by atoms with van der Waals surface area (Å²) in [5, 5.41) is 13.3. The third-order valence-electron chi connectivity index (χ3n) is 4.57. The van der Waals surface area contributed by atoms with E-state index in [2.05, 4.69) is 15.2 Å². The van der Waals surface area contributed by atoms with E-state index < -0.39 is 0 Å². The third kappa shape index (κ3) is 5.03. The Kier molecular flexibility index (Phi) is 6.00. The van der Waals surface area contributed by atoms with Gasteiger partial charge in [0.25, 0.3) is 11.8 Å². The number of rotatable bonds is 8. The van der Waals surface area contributed by atoms with Gasteiger partial charge in [0.2, 0.25) is 0 Å². The highest BCUT2D eigenvalue weighted by molar-refractivity contribution is 5.95. The van der Waals surface area contributed by atoms with Gasteiger partial charge in [0.1, 0.15) is 0 Å². The van der Waals surface area contributed by atoms with Crippen LogP contribution < -0.4 is 20.6 Å². The maximum Gasteiger partial charge on any atom is 0.286 e. The normalized spacial score (nSPS) is 15.4. The predicted octanol–water partition coefficient (Wildman–Crippen LogP) is 0.701. The first-order valence-electron chi connectivity index (χ1n) is 8.88. The van der Waals surface area contributed by atoms with Crippen molar-refractivity contribution in [3.05, 3.63) is 47.6 Å². The summed E-state index contributed by atoms with van der Waals surface area (Å²) in [5.41, 5.74) is 0.896. The van der Waals surface area contributed by atoms with E-state index in [0.717, 1.165) is 57.5 Å². The maximum atomic E-state index is 12.0. The van der Waals surface area contributed by atoms with E-state index in [1.54, 1.807) is 11.0 Å². The van der Waals surface area contributed by atoms with Crippen LogP contribution in [0, 0.1) is 5.41 Å². The van der Waals surface area contributed by atoms with E-state index >= 15 is 0 Å². The molecule has 1 fully saturated rings. The molecule has 134 valence electrons. The number of nitrogens with one attached hydrogen (secondary N) is 1. The fourth-order valence-corrected chi connectivity index (χ4v) is 3.10. The minimum Gasteiger partial charge on any atom is -0.380 e. The zero-order valence-electron chi connectivity index (χ0n) is 14.4. The second-order valence-electron chi connectivity index (χ2n) is 6.38. The summed E-state index contributed by atoms with van der Waals surface area (Å²) in [4.78, 5) is 16.1. The Morgan fingerprint density at radius 2 is 1.88 bits per heavy atom. The monoisotopic (exact) mass is 343 g/mol. The van der Waals surface area contributed by atoms with Gasteiger partial charge in [-0.2, -0.15) is 0 Å². The topological polar surface area (TPSA) is 78.5 Å². The van der Waals surface area contributed by atoms with Crippen LogP contribution in [0.2, 0.25) is 0 Å². The van der Waals surface area contributed by atoms with E-state index in [1.807, 2.05) is 30.3 Å². The molecule has 1 aliphatic rings. The lowest BCUT2D eigenvalue weighted by Gasteiger charge is -2.35. The molecular weight excluding hydrogens is 318 g/mol. The van der Waals surface area contributed by atoms with Gasteiger partial charge >= 0.3 is 0 Å². The van der Waals surface area contributed by atoms with Crippen LogP contribution in [-0.4, -0.2) is 43.4 Å². The molecule has 2 heterocycles. The molecular formula is C18H25N5O2. The summed E-state index contributed by atoms with van der Waals surface area (Å²) in [6, 6.07) is 9.53. The Labute approximate surface area is 147 Å². The average Bonchev–Trinajstić information content (AvgIpc) is 3.09. The molecule has 1 aliphatic heterocycles. The fraction of sp³-hybridized carbons (Fsp3) is 0.500. The Hall–Kier alpha value is -2.41. The van der Waals surface area contributed by atoms with Crippen molar-refractivity contribution < 1.29 is 14.1 Å². The first kappa shape index (κ1) is 17.4. The molecule has 0 aliphatic carbocycles. The van der Waals surface area contributed by atoms with Gasteiger partial charge < -0.3 is 9.42 Å². The Balaban J connectivity index is 1.29. The molecule has 0 spiro atoms. The molecule has 0 saturated carbocycles. The minimum absolute atomic E-state index is 0.0764. The number of carbonyl (C=O) groups excluding carboxylic acids is 1. The van der Waals surface area contributed by atoms with E-state index in [-0.39, 0.29) is 11.3 Å². The molecule has 0 bridgehead atoms. The molecule has 7 heteroatoms. The average molecular weight is 343 g/mol. The van der Waals surface area contributed by atoms with Crippen molar-refractivity contribution >= 4 is 5.78 Å². The van der Waals surface area contributed by atoms with Crippen LogP contribution in [0.3, 0.4) is 0 Å². The number of benzene rings is 1. The van der Waals surface area contributed by atoms with Crippen molar-refractivity contribution in [2.75, 3.05) is 37.7 Å². The van der Waals surface area contributed by atoms with Gasteiger partial charge in [0.05, 0.1) is 0 Å². The summed E-state index contributed by atoms with van der Waals surface area (Å²) >= 11 is 0. The summed E-state index contributed by atoms with van der Waals surface area (Å²) in [7, 11) is 0. The van der Waals surface area contributed by atoms with Gasteiger partial charge in [0.15, 0.2) is 5.78 Å². The summed E-state index contributed by atoms with van der Waals surface area (Å²) in [5.74, 6) is 0.243. The number of piperazine rings is 1. The number of hydrogen-bond donors (Lipinski definition) is 1. The van der Waals surface area contributed by atoms with Crippen molar-refractivity contribution in [1.29, 1.82) is 5.41 Å². The van der Waals surface area contributed by atoms with Crippen LogP contribution >= 0.6 is 0 Å². The van der Waals surface area contributed by atoms with Crippen LogP contribution in [0.15, 0.2) is 41.1 Å². The van der Waals surface area contributed by atoms with Crippen molar-refractivity contribution in [1.82, 2.24) is 10.2 Å². The zero-order chi connectivity index (χ0) is 17.5. The molecule has 1 aromatic heterocycles. The smallest absolute Gasteiger partial charge is 0.286 e. The van der Waals surface area contributed by atoms with E-state index in [4.69, 9.17) is 9.93 Å². The second-order valence-corrected chi connectivity index (χ2v) is 6.38. The Morgan fingerprint density at radius 1 is 1.12 bits per heavy atom. The Bertz CT molecular complexity index is 716. The van der Waals surface area contributed by atoms with Crippen LogP contribution in [0.25, 0.3) is 0 Å². The number of aromatic nitrogens is 2. The van der Waals surface area contributed by atoms with Crippen LogP contribution in [0.5, 0.6) is 0 Å². The first-order chi connectivity index (χ1) is 12.2. The number of hydrogen-bond acceptors (Lipinski definition) is 5. The van der Waals surface area contributed by atoms with Gasteiger partial charge in [-0.3, -0.25) is 15.2 Å². The van der Waals surface area contributed by atoms with Gasteiger partial charge in [-0.25, -0.2) is 0 Å². The van der Waals surface area contributed by atoms with Gasteiger partial charge in [-0.15, -0.1) is 0 Å². The highest BCUT2D eigenvalue weighted by Crippen LogP contribution is 2.09. The number of unbranched alkanes of at least 4 members (excludes halogenated alkanes) is 2. The highest BCUT2D eigenvalue weighted by Gasteiger charge is 2.17. The molecule has 2 aromatic rings. The minimum atomic E-state index is 0.0764. The molecule has 25 heavy (non-hydrogen) atoms. The Morgan fingerprint density at radius 3 is 2.56 bits per heavy atom. The summed E-state index contributed by atoms with van der Waals surface area (Å²) in [6.45, 7) is 4.79. The SMILES string of the molecule is N=c1c[n+](N2CCN(CCCCCC(=O)c3ccccc3)CC2)[n-]o1. The van der Waals surface area contributed by atoms with Crippen LogP contribution in [-0.2, 0) is 0 Å². The molecule has 3 rings (SSSR count). The lowest BCUT2D eigenvalue weighted by molar-refractivity contribution is -0.764. The largest absolute Gasteiger partial charge is 0.380 e. The van der Waals surface area contributed by atoms with Crippen LogP contribution in [0.1, 0.15) is 36.0 Å². The van der Waals surface area contributed by atoms with Gasteiger partial charge in [0, 0.05) is 38.2 Å². The van der Waals surface area contributed by atoms with Crippen LogP contribution in [0.4, 0.5) is 0 Å². The predicted molar refractivity (Wildman–Crippen MR) is 91.7 cm³/mol. The molecule has 1 aromatic carbocycles. The van der Waals surface area contributed by atoms with Crippen molar-refractivity contribution in [3.63, 3.8) is 0 Å². The lowest BCUT2D eigenvalue weighted by atomic mass is 10.0. The molecule has 1 saturated heterocycles. The molecule has 0 amide bonds.